The quantitative estimate of drug-likeness (QED) is 0.170. The molecule has 0 unspecified atom stereocenters. The van der Waals surface area contributed by atoms with Crippen LogP contribution in [0.1, 0.15) is 0 Å². The Kier molecular flexibility index (Phi) is 6.52. The van der Waals surface area contributed by atoms with Gasteiger partial charge in [0.15, 0.2) is 5.58 Å². The Bertz CT molecular complexity index is 3180. The summed E-state index contributed by atoms with van der Waals surface area (Å²) in [5, 5.41) is 9.08. The van der Waals surface area contributed by atoms with Gasteiger partial charge in [0, 0.05) is 38.8 Å². The Morgan fingerprint density at radius 3 is 1.96 bits per heavy atom. The Labute approximate surface area is 304 Å². The summed E-state index contributed by atoms with van der Waals surface area (Å²) >= 11 is 0. The minimum atomic E-state index is 0.623. The van der Waals surface area contributed by atoms with E-state index in [1.54, 1.807) is 0 Å². The molecule has 0 N–H and O–H groups in total. The van der Waals surface area contributed by atoms with Gasteiger partial charge in [0.2, 0.25) is 5.89 Å². The van der Waals surface area contributed by atoms with Crippen molar-refractivity contribution in [2.45, 2.75) is 0 Å². The molecule has 53 heavy (non-hydrogen) atoms. The molecule has 0 aliphatic carbocycles. The normalized spacial score (nSPS) is 11.8. The molecule has 0 saturated carbocycles. The van der Waals surface area contributed by atoms with Crippen LogP contribution < -0.4 is 4.90 Å². The average Bonchev–Trinajstić information content (AvgIpc) is 3.84. The fourth-order valence-electron chi connectivity index (χ4n) is 7.92. The van der Waals surface area contributed by atoms with Crippen LogP contribution in [0.15, 0.2) is 191 Å². The van der Waals surface area contributed by atoms with Crippen molar-refractivity contribution in [3.63, 3.8) is 0 Å². The Hall–Kier alpha value is -7.17. The number of aromatic nitrogens is 1. The third-order valence-electron chi connectivity index (χ3n) is 10.4. The van der Waals surface area contributed by atoms with Crippen molar-refractivity contribution in [2.75, 3.05) is 4.90 Å². The Morgan fingerprint density at radius 2 is 1.08 bits per heavy atom. The van der Waals surface area contributed by atoms with Crippen LogP contribution >= 0.6 is 0 Å². The van der Waals surface area contributed by atoms with E-state index in [1.165, 1.54) is 10.8 Å². The number of fused-ring (bicyclic) bond motifs is 9. The second kappa shape index (κ2) is 11.7. The van der Waals surface area contributed by atoms with E-state index in [2.05, 4.69) is 138 Å². The summed E-state index contributed by atoms with van der Waals surface area (Å²) in [6.45, 7) is 0. The lowest BCUT2D eigenvalue weighted by Gasteiger charge is -2.26. The van der Waals surface area contributed by atoms with Gasteiger partial charge in [-0.1, -0.05) is 115 Å². The van der Waals surface area contributed by atoms with Crippen molar-refractivity contribution < 1.29 is 8.83 Å². The van der Waals surface area contributed by atoms with Gasteiger partial charge in [0.1, 0.15) is 16.7 Å². The number of anilines is 3. The fraction of sp³-hybridized carbons (Fsp3) is 0. The largest absolute Gasteiger partial charge is 0.456 e. The molecule has 2 aromatic heterocycles. The van der Waals surface area contributed by atoms with Crippen LogP contribution in [0.4, 0.5) is 17.1 Å². The highest BCUT2D eigenvalue weighted by molar-refractivity contribution is 6.19. The number of nitrogens with zero attached hydrogens (tertiary/aromatic N) is 2. The van der Waals surface area contributed by atoms with Gasteiger partial charge in [0.25, 0.3) is 0 Å². The molecule has 0 spiro atoms. The van der Waals surface area contributed by atoms with Crippen LogP contribution in [0.3, 0.4) is 0 Å². The minimum Gasteiger partial charge on any atom is -0.456 e. The second-order valence-electron chi connectivity index (χ2n) is 13.6. The third kappa shape index (κ3) is 4.80. The van der Waals surface area contributed by atoms with Crippen molar-refractivity contribution in [1.82, 2.24) is 4.98 Å². The van der Waals surface area contributed by atoms with Gasteiger partial charge in [-0.2, -0.15) is 0 Å². The predicted octanol–water partition coefficient (Wildman–Crippen LogP) is 14.0. The molecule has 0 atom stereocenters. The van der Waals surface area contributed by atoms with Gasteiger partial charge in [-0.15, -0.1) is 0 Å². The van der Waals surface area contributed by atoms with E-state index >= 15 is 0 Å². The van der Waals surface area contributed by atoms with Crippen LogP contribution in [0, 0.1) is 0 Å². The molecule has 0 saturated heterocycles. The summed E-state index contributed by atoms with van der Waals surface area (Å²) in [7, 11) is 0. The molecule has 11 aromatic rings. The Balaban J connectivity index is 1.10. The predicted molar refractivity (Wildman–Crippen MR) is 219 cm³/mol. The maximum atomic E-state index is 6.57. The number of rotatable bonds is 5. The molecular formula is C49H30N2O2. The van der Waals surface area contributed by atoms with E-state index < -0.39 is 0 Å². The van der Waals surface area contributed by atoms with E-state index in [1.807, 2.05) is 48.5 Å². The highest BCUT2D eigenvalue weighted by Crippen LogP contribution is 2.42. The first-order valence-corrected chi connectivity index (χ1v) is 17.9. The van der Waals surface area contributed by atoms with Gasteiger partial charge in [0.05, 0.1) is 0 Å². The molecule has 2 heterocycles. The van der Waals surface area contributed by atoms with Gasteiger partial charge in [-0.05, 0) is 105 Å². The summed E-state index contributed by atoms with van der Waals surface area (Å²) in [4.78, 5) is 7.25. The molecule has 0 amide bonds. The summed E-state index contributed by atoms with van der Waals surface area (Å²) < 4.78 is 12.8. The number of hydrogen-bond donors (Lipinski definition) is 0. The molecule has 0 bridgehead atoms. The highest BCUT2D eigenvalue weighted by atomic mass is 16.3. The first-order valence-electron chi connectivity index (χ1n) is 17.9. The standard InChI is InChI=1S/C49H30N2O2/c1-2-10-35(11-3-1)49-50-43-28-23-34-18-17-33-22-27-39(30-42(33)46(34)48(43)53-49)51(38-26-19-31-9-4-5-12-36(31)29-38)37-24-20-32(21-25-37)40-14-8-16-45-47(40)41-13-6-7-15-44(41)52-45/h1-30H. The van der Waals surface area contributed by atoms with Crippen molar-refractivity contribution >= 4 is 82.4 Å². The fourth-order valence-corrected chi connectivity index (χ4v) is 7.92. The monoisotopic (exact) mass is 678 g/mol. The summed E-state index contributed by atoms with van der Waals surface area (Å²) in [6, 6.07) is 64.0. The third-order valence-corrected chi connectivity index (χ3v) is 10.4. The average molecular weight is 679 g/mol. The van der Waals surface area contributed by atoms with Crippen LogP contribution in [-0.2, 0) is 0 Å². The molecule has 4 nitrogen and oxygen atoms in total. The second-order valence-corrected chi connectivity index (χ2v) is 13.6. The Morgan fingerprint density at radius 1 is 0.396 bits per heavy atom. The molecule has 0 aliphatic heterocycles. The molecule has 4 heteroatoms. The van der Waals surface area contributed by atoms with Crippen LogP contribution in [0.5, 0.6) is 0 Å². The van der Waals surface area contributed by atoms with Gasteiger partial charge >= 0.3 is 0 Å². The molecule has 9 aromatic carbocycles. The van der Waals surface area contributed by atoms with E-state index in [-0.39, 0.29) is 0 Å². The smallest absolute Gasteiger partial charge is 0.227 e. The molecular weight excluding hydrogens is 649 g/mol. The molecule has 0 aliphatic rings. The summed E-state index contributed by atoms with van der Waals surface area (Å²) in [6.07, 6.45) is 0. The SMILES string of the molecule is c1ccc(-c2nc3ccc4ccc5ccc(N(c6ccc(-c7cccc8oc9ccccc9c78)cc6)c6ccc7ccccc7c6)cc5c4c3o2)cc1. The van der Waals surface area contributed by atoms with E-state index in [0.717, 1.165) is 88.3 Å². The van der Waals surface area contributed by atoms with Crippen LogP contribution in [-0.4, -0.2) is 4.98 Å². The van der Waals surface area contributed by atoms with Gasteiger partial charge < -0.3 is 13.7 Å². The lowest BCUT2D eigenvalue weighted by Crippen LogP contribution is -2.10. The van der Waals surface area contributed by atoms with E-state index in [9.17, 15) is 0 Å². The maximum absolute atomic E-state index is 6.57. The zero-order valence-electron chi connectivity index (χ0n) is 28.5. The lowest BCUT2D eigenvalue weighted by atomic mass is 9.98. The zero-order chi connectivity index (χ0) is 34.9. The van der Waals surface area contributed by atoms with Gasteiger partial charge in [-0.3, -0.25) is 0 Å². The first-order chi connectivity index (χ1) is 26.2. The number of para-hydroxylation sites is 1. The highest BCUT2D eigenvalue weighted by Gasteiger charge is 2.18. The van der Waals surface area contributed by atoms with E-state index in [4.69, 9.17) is 13.8 Å². The van der Waals surface area contributed by atoms with Crippen LogP contribution in [0.25, 0.3) is 87.9 Å². The van der Waals surface area contributed by atoms with Crippen molar-refractivity contribution in [3.8, 4) is 22.6 Å². The van der Waals surface area contributed by atoms with Gasteiger partial charge in [-0.25, -0.2) is 4.98 Å². The topological polar surface area (TPSA) is 42.4 Å². The van der Waals surface area contributed by atoms with Crippen LogP contribution in [0.2, 0.25) is 0 Å². The van der Waals surface area contributed by atoms with Crippen molar-refractivity contribution in [3.05, 3.63) is 182 Å². The number of oxazole rings is 1. The number of benzene rings is 9. The molecule has 11 rings (SSSR count). The van der Waals surface area contributed by atoms with Crippen molar-refractivity contribution in [2.24, 2.45) is 0 Å². The summed E-state index contributed by atoms with van der Waals surface area (Å²) in [5.74, 6) is 0.623. The molecule has 0 radical (unpaired) electrons. The molecule has 0 fully saturated rings. The lowest BCUT2D eigenvalue weighted by molar-refractivity contribution is 0.623. The van der Waals surface area contributed by atoms with Crippen molar-refractivity contribution in [1.29, 1.82) is 0 Å². The number of furan rings is 1. The number of hydrogen-bond acceptors (Lipinski definition) is 4. The summed E-state index contributed by atoms with van der Waals surface area (Å²) in [5.41, 5.74) is 9.87. The molecule has 248 valence electrons. The minimum absolute atomic E-state index is 0.623. The zero-order valence-corrected chi connectivity index (χ0v) is 28.5. The first kappa shape index (κ1) is 29.5. The maximum Gasteiger partial charge on any atom is 0.227 e. The van der Waals surface area contributed by atoms with E-state index in [0.29, 0.717) is 5.89 Å².